The first kappa shape index (κ1) is 22.0. The number of amides is 1. The van der Waals surface area contributed by atoms with Gasteiger partial charge in [-0.25, -0.2) is 9.78 Å². The average Bonchev–Trinajstić information content (AvgIpc) is 3.22. The van der Waals surface area contributed by atoms with Gasteiger partial charge in [0.2, 0.25) is 0 Å². The maximum atomic E-state index is 12.6. The number of carbonyl (C=O) groups excluding carboxylic acids is 1. The molecule has 0 aliphatic carbocycles. The fourth-order valence-electron chi connectivity index (χ4n) is 5.72. The second kappa shape index (κ2) is 9.18. The molecule has 0 radical (unpaired) electrons. The summed E-state index contributed by atoms with van der Waals surface area (Å²) >= 11 is 0. The van der Waals surface area contributed by atoms with Gasteiger partial charge in [0.1, 0.15) is 5.82 Å². The zero-order valence-electron chi connectivity index (χ0n) is 19.9. The minimum atomic E-state index is -0.296. The Labute approximate surface area is 195 Å². The second-order valence-corrected chi connectivity index (χ2v) is 9.55. The van der Waals surface area contributed by atoms with E-state index in [0.29, 0.717) is 12.0 Å². The third-order valence-corrected chi connectivity index (χ3v) is 7.58. The summed E-state index contributed by atoms with van der Waals surface area (Å²) in [6.07, 6.45) is 4.71. The summed E-state index contributed by atoms with van der Waals surface area (Å²) in [7, 11) is 1.45. The number of fused-ring (bicyclic) bond motifs is 3. The lowest BCUT2D eigenvalue weighted by Crippen LogP contribution is -2.42. The Kier molecular flexibility index (Phi) is 6.11. The van der Waals surface area contributed by atoms with Crippen molar-refractivity contribution >= 4 is 22.8 Å². The van der Waals surface area contributed by atoms with Crippen LogP contribution >= 0.6 is 0 Å². The van der Waals surface area contributed by atoms with Crippen LogP contribution in [0.4, 0.5) is 10.5 Å². The van der Waals surface area contributed by atoms with Crippen LogP contribution in [0.2, 0.25) is 0 Å². The van der Waals surface area contributed by atoms with Gasteiger partial charge in [-0.3, -0.25) is 4.90 Å². The van der Waals surface area contributed by atoms with Crippen LogP contribution in [0, 0.1) is 5.92 Å². The number of benzene rings is 2. The van der Waals surface area contributed by atoms with Crippen LogP contribution in [0.5, 0.6) is 0 Å². The summed E-state index contributed by atoms with van der Waals surface area (Å²) in [5.41, 5.74) is 5.61. The molecule has 1 N–H and O–H groups in total. The Hall–Kier alpha value is -2.86. The molecule has 3 heterocycles. The summed E-state index contributed by atoms with van der Waals surface area (Å²) in [4.78, 5) is 19.6. The zero-order chi connectivity index (χ0) is 22.9. The fraction of sp³-hybridized carbons (Fsp3) is 0.481. The first-order valence-corrected chi connectivity index (χ1v) is 12.2. The van der Waals surface area contributed by atoms with E-state index in [1.807, 2.05) is 0 Å². The molecule has 0 bridgehead atoms. The van der Waals surface area contributed by atoms with Crippen molar-refractivity contribution in [3.05, 3.63) is 59.4 Å². The fourth-order valence-corrected chi connectivity index (χ4v) is 5.72. The van der Waals surface area contributed by atoms with Crippen molar-refractivity contribution in [1.82, 2.24) is 14.9 Å². The number of ether oxygens (including phenoxy) is 1. The van der Waals surface area contributed by atoms with Crippen molar-refractivity contribution < 1.29 is 9.53 Å². The summed E-state index contributed by atoms with van der Waals surface area (Å²) in [5, 5.41) is 3.50. The van der Waals surface area contributed by atoms with Gasteiger partial charge in [0.15, 0.2) is 0 Å². The first-order valence-electron chi connectivity index (χ1n) is 12.2. The van der Waals surface area contributed by atoms with E-state index in [4.69, 9.17) is 9.72 Å². The number of imidazole rings is 1. The van der Waals surface area contributed by atoms with Gasteiger partial charge in [0.25, 0.3) is 0 Å². The van der Waals surface area contributed by atoms with E-state index < -0.39 is 0 Å². The van der Waals surface area contributed by atoms with Crippen molar-refractivity contribution in [3.8, 4) is 0 Å². The van der Waals surface area contributed by atoms with Gasteiger partial charge in [0, 0.05) is 24.1 Å². The number of hydrogen-bond donors (Lipinski definition) is 1. The number of rotatable bonds is 4. The van der Waals surface area contributed by atoms with E-state index in [1.54, 1.807) is 4.90 Å². The number of methoxy groups -OCH3 is 1. The molecule has 3 aromatic rings. The second-order valence-electron chi connectivity index (χ2n) is 9.55. The number of aromatic nitrogens is 2. The lowest BCUT2D eigenvalue weighted by Gasteiger charge is -2.34. The highest BCUT2D eigenvalue weighted by atomic mass is 16.5. The standard InChI is InChI=1S/C27H34N4O2/c1-18-9-10-22-23(30(18)27(32)33-3)11-12-24-26(22)29-25(17-20-7-5-4-6-8-20)31(24)19(2)21-13-15-28-16-14-21/h4-8,11-12,18-19,21,28H,9-10,13-17H2,1-3H3/t18-,19+/m0/s1. The van der Waals surface area contributed by atoms with Crippen LogP contribution in [0.1, 0.15) is 56.1 Å². The molecule has 5 rings (SSSR count). The van der Waals surface area contributed by atoms with Gasteiger partial charge in [0.05, 0.1) is 23.8 Å². The van der Waals surface area contributed by atoms with Crippen molar-refractivity contribution in [2.24, 2.45) is 5.92 Å². The van der Waals surface area contributed by atoms with Crippen LogP contribution < -0.4 is 10.2 Å². The predicted molar refractivity (Wildman–Crippen MR) is 132 cm³/mol. The van der Waals surface area contributed by atoms with Gasteiger partial charge in [-0.1, -0.05) is 30.3 Å². The van der Waals surface area contributed by atoms with Gasteiger partial charge >= 0.3 is 6.09 Å². The quantitative estimate of drug-likeness (QED) is 0.606. The molecule has 0 spiro atoms. The first-order chi connectivity index (χ1) is 16.1. The van der Waals surface area contributed by atoms with Gasteiger partial charge in [-0.05, 0) is 76.2 Å². The molecule has 6 heteroatoms. The van der Waals surface area contributed by atoms with E-state index in [1.165, 1.54) is 36.6 Å². The number of aryl methyl sites for hydroxylation is 1. The molecule has 2 aromatic carbocycles. The predicted octanol–water partition coefficient (Wildman–Crippen LogP) is 5.10. The molecule has 1 saturated heterocycles. The van der Waals surface area contributed by atoms with Crippen LogP contribution in [-0.4, -0.2) is 41.9 Å². The molecule has 1 fully saturated rings. The van der Waals surface area contributed by atoms with Crippen LogP contribution in [0.25, 0.3) is 11.0 Å². The number of carbonyl (C=O) groups is 1. The average molecular weight is 447 g/mol. The number of hydrogen-bond acceptors (Lipinski definition) is 4. The van der Waals surface area contributed by atoms with Crippen molar-refractivity contribution in [2.75, 3.05) is 25.1 Å². The molecule has 2 aliphatic rings. The molecule has 2 atom stereocenters. The molecule has 1 aromatic heterocycles. The Balaban J connectivity index is 1.65. The Morgan fingerprint density at radius 3 is 2.64 bits per heavy atom. The monoisotopic (exact) mass is 446 g/mol. The zero-order valence-corrected chi connectivity index (χ0v) is 19.9. The van der Waals surface area contributed by atoms with E-state index in [-0.39, 0.29) is 12.1 Å². The third-order valence-electron chi connectivity index (χ3n) is 7.58. The molecule has 33 heavy (non-hydrogen) atoms. The maximum Gasteiger partial charge on any atom is 0.414 e. The van der Waals surface area contributed by atoms with Gasteiger partial charge < -0.3 is 14.6 Å². The van der Waals surface area contributed by atoms with Gasteiger partial charge in [-0.15, -0.1) is 0 Å². The summed E-state index contributed by atoms with van der Waals surface area (Å²) in [5.74, 6) is 1.74. The SMILES string of the molecule is COC(=O)N1c2ccc3c(nc(Cc4ccccc4)n3[C@H](C)C3CCNCC3)c2CC[C@@H]1C. The lowest BCUT2D eigenvalue weighted by molar-refractivity contribution is 0.175. The number of nitrogens with zero attached hydrogens (tertiary/aromatic N) is 3. The summed E-state index contributed by atoms with van der Waals surface area (Å²) < 4.78 is 7.60. The molecular weight excluding hydrogens is 412 g/mol. The van der Waals surface area contributed by atoms with Gasteiger partial charge in [-0.2, -0.15) is 0 Å². The highest BCUT2D eigenvalue weighted by Gasteiger charge is 2.32. The molecule has 6 nitrogen and oxygen atoms in total. The van der Waals surface area contributed by atoms with Crippen LogP contribution in [0.3, 0.4) is 0 Å². The summed E-state index contributed by atoms with van der Waals surface area (Å²) in [6, 6.07) is 15.3. The van der Waals surface area contributed by atoms with E-state index in [2.05, 4.69) is 66.2 Å². The summed E-state index contributed by atoms with van der Waals surface area (Å²) in [6.45, 7) is 6.60. The number of piperidine rings is 1. The Bertz CT molecular complexity index is 1130. The van der Waals surface area contributed by atoms with Crippen molar-refractivity contribution in [2.45, 2.75) is 58.0 Å². The smallest absolute Gasteiger partial charge is 0.414 e. The molecule has 0 unspecified atom stereocenters. The Morgan fingerprint density at radius 1 is 1.15 bits per heavy atom. The lowest BCUT2D eigenvalue weighted by atomic mass is 9.90. The molecule has 174 valence electrons. The number of nitrogens with one attached hydrogen (secondary N) is 1. The molecule has 1 amide bonds. The minimum Gasteiger partial charge on any atom is -0.452 e. The van der Waals surface area contributed by atoms with Crippen molar-refractivity contribution in [3.63, 3.8) is 0 Å². The number of anilines is 1. The highest BCUT2D eigenvalue weighted by Crippen LogP contribution is 2.39. The van der Waals surface area contributed by atoms with E-state index in [9.17, 15) is 4.79 Å². The maximum absolute atomic E-state index is 12.6. The topological polar surface area (TPSA) is 59.4 Å². The van der Waals surface area contributed by atoms with E-state index >= 15 is 0 Å². The molecule has 0 saturated carbocycles. The Morgan fingerprint density at radius 2 is 1.91 bits per heavy atom. The van der Waals surface area contributed by atoms with E-state index in [0.717, 1.165) is 49.4 Å². The third kappa shape index (κ3) is 4.01. The van der Waals surface area contributed by atoms with Crippen LogP contribution in [0.15, 0.2) is 42.5 Å². The normalized spacial score (nSPS) is 20.0. The molecule has 2 aliphatic heterocycles. The molecular formula is C27H34N4O2. The minimum absolute atomic E-state index is 0.113. The highest BCUT2D eigenvalue weighted by molar-refractivity contribution is 5.95. The van der Waals surface area contributed by atoms with Crippen molar-refractivity contribution in [1.29, 1.82) is 0 Å². The largest absolute Gasteiger partial charge is 0.452 e. The van der Waals surface area contributed by atoms with Crippen LogP contribution in [-0.2, 0) is 17.6 Å².